The summed E-state index contributed by atoms with van der Waals surface area (Å²) in [4.78, 5) is 12.7. The molecule has 0 spiro atoms. The van der Waals surface area contributed by atoms with Gasteiger partial charge in [-0.3, -0.25) is 4.79 Å². The second-order valence-electron chi connectivity index (χ2n) is 5.69. The van der Waals surface area contributed by atoms with Crippen LogP contribution in [0.15, 0.2) is 71.5 Å². The van der Waals surface area contributed by atoms with Crippen LogP contribution in [0.2, 0.25) is 5.02 Å². The predicted octanol–water partition coefficient (Wildman–Crippen LogP) is 5.31. The van der Waals surface area contributed by atoms with Crippen molar-refractivity contribution >= 4 is 28.3 Å². The molecule has 124 valence electrons. The number of nitrogens with zero attached hydrogens (tertiary/aromatic N) is 1. The normalized spacial score (nSPS) is 11.1. The van der Waals surface area contributed by atoms with E-state index in [1.807, 2.05) is 28.8 Å². The molecule has 0 saturated carbocycles. The van der Waals surface area contributed by atoms with Crippen LogP contribution in [0.1, 0.15) is 21.7 Å². The Kier molecular flexibility index (Phi) is 3.90. The molecule has 3 nitrogen and oxygen atoms in total. The number of fused-ring (bicyclic) bond motifs is 1. The largest absolute Gasteiger partial charge is 0.461 e. The van der Waals surface area contributed by atoms with Crippen molar-refractivity contribution in [1.82, 2.24) is 4.57 Å². The van der Waals surface area contributed by atoms with Crippen molar-refractivity contribution in [3.63, 3.8) is 0 Å². The van der Waals surface area contributed by atoms with Gasteiger partial charge in [0.05, 0.1) is 18.4 Å². The van der Waals surface area contributed by atoms with Crippen molar-refractivity contribution in [2.45, 2.75) is 6.54 Å². The highest BCUT2D eigenvalue weighted by Gasteiger charge is 2.19. The van der Waals surface area contributed by atoms with Gasteiger partial charge in [0.1, 0.15) is 5.82 Å². The Bertz CT molecular complexity index is 1050. The fourth-order valence-corrected chi connectivity index (χ4v) is 3.18. The number of furan rings is 1. The number of carbonyl (C=O) groups excluding carboxylic acids is 1. The summed E-state index contributed by atoms with van der Waals surface area (Å²) in [6, 6.07) is 15.4. The summed E-state index contributed by atoms with van der Waals surface area (Å²) in [5.74, 6) is -0.310. The van der Waals surface area contributed by atoms with Gasteiger partial charge < -0.3 is 8.98 Å². The van der Waals surface area contributed by atoms with Crippen molar-refractivity contribution in [1.29, 1.82) is 0 Å². The first-order valence-electron chi connectivity index (χ1n) is 7.74. The molecule has 5 heteroatoms. The Balaban J connectivity index is 1.84. The molecule has 0 radical (unpaired) electrons. The third kappa shape index (κ3) is 2.75. The number of benzene rings is 2. The molecule has 0 aliphatic carbocycles. The summed E-state index contributed by atoms with van der Waals surface area (Å²) in [7, 11) is 0. The van der Waals surface area contributed by atoms with Crippen LogP contribution in [0.25, 0.3) is 10.9 Å². The zero-order valence-corrected chi connectivity index (χ0v) is 13.8. The standard InChI is InChI=1S/C20H13ClFNO2/c21-16-6-3-7-17(22)15(16)12-23-11-14(13-5-1-2-8-18(13)23)20(24)19-9-4-10-25-19/h1-11H,12H2. The average molecular weight is 354 g/mol. The molecular weight excluding hydrogens is 341 g/mol. The molecule has 0 amide bonds. The maximum atomic E-state index is 14.1. The van der Waals surface area contributed by atoms with E-state index in [2.05, 4.69) is 0 Å². The van der Waals surface area contributed by atoms with E-state index in [0.717, 1.165) is 10.9 Å². The first-order chi connectivity index (χ1) is 12.1. The van der Waals surface area contributed by atoms with E-state index in [-0.39, 0.29) is 23.9 Å². The molecule has 2 aromatic carbocycles. The number of rotatable bonds is 4. The van der Waals surface area contributed by atoms with Gasteiger partial charge in [-0.15, -0.1) is 0 Å². The topological polar surface area (TPSA) is 35.1 Å². The van der Waals surface area contributed by atoms with Crippen LogP contribution in [0, 0.1) is 5.82 Å². The van der Waals surface area contributed by atoms with E-state index in [1.165, 1.54) is 12.3 Å². The number of para-hydroxylation sites is 1. The summed E-state index contributed by atoms with van der Waals surface area (Å²) < 4.78 is 21.2. The molecule has 0 N–H and O–H groups in total. The van der Waals surface area contributed by atoms with Crippen LogP contribution >= 0.6 is 11.6 Å². The molecule has 0 atom stereocenters. The van der Waals surface area contributed by atoms with Gasteiger partial charge in [-0.2, -0.15) is 0 Å². The first kappa shape index (κ1) is 15.7. The van der Waals surface area contributed by atoms with Gasteiger partial charge in [0.25, 0.3) is 0 Å². The number of ketones is 1. The molecule has 0 fully saturated rings. The van der Waals surface area contributed by atoms with Gasteiger partial charge in [0, 0.05) is 27.7 Å². The molecule has 0 aliphatic heterocycles. The highest BCUT2D eigenvalue weighted by Crippen LogP contribution is 2.27. The van der Waals surface area contributed by atoms with Crippen molar-refractivity contribution in [2.75, 3.05) is 0 Å². The Labute approximate surface area is 148 Å². The summed E-state index contributed by atoms with van der Waals surface area (Å²) in [5.41, 5.74) is 1.73. The van der Waals surface area contributed by atoms with Crippen molar-refractivity contribution < 1.29 is 13.6 Å². The smallest absolute Gasteiger partial charge is 0.230 e. The van der Waals surface area contributed by atoms with Crippen LogP contribution in [0.5, 0.6) is 0 Å². The number of hydrogen-bond donors (Lipinski definition) is 0. The van der Waals surface area contributed by atoms with Crippen molar-refractivity contribution in [3.05, 3.63) is 94.8 Å². The summed E-state index contributed by atoms with van der Waals surface area (Å²) in [5, 5.41) is 1.15. The van der Waals surface area contributed by atoms with Crippen LogP contribution in [-0.2, 0) is 6.54 Å². The summed E-state index contributed by atoms with van der Waals surface area (Å²) in [6.07, 6.45) is 3.18. The predicted molar refractivity (Wildman–Crippen MR) is 94.6 cm³/mol. The monoisotopic (exact) mass is 353 g/mol. The second kappa shape index (κ2) is 6.22. The number of carbonyl (C=O) groups is 1. The summed E-state index contributed by atoms with van der Waals surface area (Å²) in [6.45, 7) is 0.234. The molecule has 25 heavy (non-hydrogen) atoms. The summed E-state index contributed by atoms with van der Waals surface area (Å²) >= 11 is 6.15. The van der Waals surface area contributed by atoms with E-state index in [1.54, 1.807) is 30.5 Å². The minimum Gasteiger partial charge on any atom is -0.461 e. The fraction of sp³-hybridized carbons (Fsp3) is 0.0500. The van der Waals surface area contributed by atoms with Gasteiger partial charge in [-0.1, -0.05) is 35.9 Å². The molecule has 0 unspecified atom stereocenters. The SMILES string of the molecule is O=C(c1ccco1)c1cn(Cc2c(F)cccc2Cl)c2ccccc12. The second-order valence-corrected chi connectivity index (χ2v) is 6.10. The maximum Gasteiger partial charge on any atom is 0.230 e. The Hall–Kier alpha value is -2.85. The van der Waals surface area contributed by atoms with Gasteiger partial charge in [0.15, 0.2) is 5.76 Å². The van der Waals surface area contributed by atoms with Gasteiger partial charge in [-0.25, -0.2) is 4.39 Å². The van der Waals surface area contributed by atoms with Crippen LogP contribution < -0.4 is 0 Å². The lowest BCUT2D eigenvalue weighted by molar-refractivity contribution is 0.101. The molecule has 0 saturated heterocycles. The number of hydrogen-bond acceptors (Lipinski definition) is 2. The van der Waals surface area contributed by atoms with Gasteiger partial charge in [0.2, 0.25) is 5.78 Å². The molecular formula is C20H13ClFNO2. The van der Waals surface area contributed by atoms with E-state index in [0.29, 0.717) is 16.1 Å². The van der Waals surface area contributed by atoms with Gasteiger partial charge in [-0.05, 0) is 30.3 Å². The molecule has 4 rings (SSSR count). The lowest BCUT2D eigenvalue weighted by Gasteiger charge is -2.08. The highest BCUT2D eigenvalue weighted by atomic mass is 35.5. The van der Waals surface area contributed by atoms with E-state index < -0.39 is 0 Å². The molecule has 0 aliphatic rings. The Morgan fingerprint density at radius 3 is 2.68 bits per heavy atom. The minimum atomic E-state index is -0.371. The average Bonchev–Trinajstić information content (AvgIpc) is 3.26. The lowest BCUT2D eigenvalue weighted by atomic mass is 10.1. The molecule has 0 bridgehead atoms. The fourth-order valence-electron chi connectivity index (χ4n) is 2.95. The van der Waals surface area contributed by atoms with E-state index in [9.17, 15) is 9.18 Å². The molecule has 2 aromatic heterocycles. The zero-order valence-electron chi connectivity index (χ0n) is 13.1. The minimum absolute atomic E-state index is 0.209. The Morgan fingerprint density at radius 1 is 1.08 bits per heavy atom. The quantitative estimate of drug-likeness (QED) is 0.466. The number of aromatic nitrogens is 1. The maximum absolute atomic E-state index is 14.1. The Morgan fingerprint density at radius 2 is 1.92 bits per heavy atom. The zero-order chi connectivity index (χ0) is 17.4. The van der Waals surface area contributed by atoms with Crippen molar-refractivity contribution in [2.24, 2.45) is 0 Å². The number of halogens is 2. The first-order valence-corrected chi connectivity index (χ1v) is 8.12. The molecule has 2 heterocycles. The van der Waals surface area contributed by atoms with Crippen LogP contribution in [0.3, 0.4) is 0 Å². The third-order valence-electron chi connectivity index (χ3n) is 4.17. The molecule has 4 aromatic rings. The van der Waals surface area contributed by atoms with Crippen LogP contribution in [0.4, 0.5) is 4.39 Å². The third-order valence-corrected chi connectivity index (χ3v) is 4.52. The van der Waals surface area contributed by atoms with Crippen LogP contribution in [-0.4, -0.2) is 10.4 Å². The van der Waals surface area contributed by atoms with E-state index >= 15 is 0 Å². The van der Waals surface area contributed by atoms with Crippen molar-refractivity contribution in [3.8, 4) is 0 Å². The lowest BCUT2D eigenvalue weighted by Crippen LogP contribution is -2.02. The van der Waals surface area contributed by atoms with Gasteiger partial charge >= 0.3 is 0 Å². The highest BCUT2D eigenvalue weighted by molar-refractivity contribution is 6.31. The van der Waals surface area contributed by atoms with E-state index in [4.69, 9.17) is 16.0 Å².